The molecule has 1 heterocycles. The zero-order valence-electron chi connectivity index (χ0n) is 9.86. The first-order chi connectivity index (χ1) is 8.74. The van der Waals surface area contributed by atoms with Gasteiger partial charge in [0.1, 0.15) is 0 Å². The number of aliphatic carboxylic acids is 1. The Labute approximate surface area is 106 Å². The van der Waals surface area contributed by atoms with Crippen LogP contribution in [0.3, 0.4) is 0 Å². The van der Waals surface area contributed by atoms with Crippen LogP contribution in [-0.4, -0.2) is 11.1 Å². The largest absolute Gasteiger partial charge is 0.477 e. The molecule has 3 nitrogen and oxygen atoms in total. The molecule has 1 aromatic carbocycles. The maximum absolute atomic E-state index is 10.5. The van der Waals surface area contributed by atoms with Crippen LogP contribution >= 0.6 is 0 Å². The molecule has 0 aliphatic rings. The number of aromatic nitrogens is 1. The van der Waals surface area contributed by atoms with Crippen LogP contribution in [0.25, 0.3) is 12.2 Å². The first-order valence-electron chi connectivity index (χ1n) is 5.68. The molecule has 1 aromatic heterocycles. The lowest BCUT2D eigenvalue weighted by Crippen LogP contribution is -2.36. The van der Waals surface area contributed by atoms with Crippen molar-refractivity contribution in [3.63, 3.8) is 0 Å². The smallest absolute Gasteiger partial charge is 0.370 e. The van der Waals surface area contributed by atoms with Gasteiger partial charge in [0.2, 0.25) is 6.54 Å². The van der Waals surface area contributed by atoms with Crippen LogP contribution in [0.5, 0.6) is 0 Å². The number of hydrogen-bond donors (Lipinski definition) is 1. The van der Waals surface area contributed by atoms with E-state index in [2.05, 4.69) is 0 Å². The third-order valence-electron chi connectivity index (χ3n) is 2.50. The van der Waals surface area contributed by atoms with Crippen molar-refractivity contribution in [3.8, 4) is 0 Å². The van der Waals surface area contributed by atoms with Crippen LogP contribution in [0.15, 0.2) is 54.9 Å². The minimum atomic E-state index is -0.840. The number of pyridine rings is 1. The van der Waals surface area contributed by atoms with Gasteiger partial charge in [-0.3, -0.25) is 0 Å². The molecule has 2 rings (SSSR count). The summed E-state index contributed by atoms with van der Waals surface area (Å²) in [6.07, 6.45) is 7.55. The molecule has 3 heteroatoms. The van der Waals surface area contributed by atoms with Crippen molar-refractivity contribution in [1.29, 1.82) is 0 Å². The maximum Gasteiger partial charge on any atom is 0.370 e. The van der Waals surface area contributed by atoms with Crippen LogP contribution in [0, 0.1) is 0 Å². The van der Waals surface area contributed by atoms with Gasteiger partial charge in [0, 0.05) is 12.1 Å². The molecule has 0 aliphatic heterocycles. The highest BCUT2D eigenvalue weighted by Crippen LogP contribution is 2.06. The number of hydrogen-bond acceptors (Lipinski definition) is 1. The van der Waals surface area contributed by atoms with Crippen LogP contribution in [0.1, 0.15) is 11.1 Å². The summed E-state index contributed by atoms with van der Waals surface area (Å²) in [5.74, 6) is -0.840. The van der Waals surface area contributed by atoms with E-state index in [0.29, 0.717) is 0 Å². The Kier molecular flexibility index (Phi) is 3.86. The maximum atomic E-state index is 10.5. The molecule has 0 saturated heterocycles. The number of benzene rings is 1. The summed E-state index contributed by atoms with van der Waals surface area (Å²) in [7, 11) is 0. The number of rotatable bonds is 4. The molecule has 90 valence electrons. The highest BCUT2D eigenvalue weighted by atomic mass is 16.4. The molecule has 0 fully saturated rings. The van der Waals surface area contributed by atoms with Crippen molar-refractivity contribution in [1.82, 2.24) is 0 Å². The highest BCUT2D eigenvalue weighted by Gasteiger charge is 2.05. The van der Waals surface area contributed by atoms with Gasteiger partial charge >= 0.3 is 5.97 Å². The van der Waals surface area contributed by atoms with Crippen molar-refractivity contribution in [2.24, 2.45) is 0 Å². The molecule has 0 aliphatic carbocycles. The van der Waals surface area contributed by atoms with E-state index in [9.17, 15) is 4.79 Å². The summed E-state index contributed by atoms with van der Waals surface area (Å²) >= 11 is 0. The molecule has 0 spiro atoms. The zero-order valence-corrected chi connectivity index (χ0v) is 9.86. The average molecular weight is 240 g/mol. The predicted octanol–water partition coefficient (Wildman–Crippen LogP) is 2.23. The van der Waals surface area contributed by atoms with E-state index in [0.717, 1.165) is 11.1 Å². The molecule has 0 unspecified atom stereocenters. The summed E-state index contributed by atoms with van der Waals surface area (Å²) in [5.41, 5.74) is 2.18. The third-order valence-corrected chi connectivity index (χ3v) is 2.50. The van der Waals surface area contributed by atoms with E-state index < -0.39 is 5.97 Å². The van der Waals surface area contributed by atoms with E-state index in [1.165, 1.54) is 0 Å². The SMILES string of the molecule is O=C(O)C[n+]1ccc(/C=C/c2ccccc2)cc1. The van der Waals surface area contributed by atoms with E-state index in [-0.39, 0.29) is 6.54 Å². The van der Waals surface area contributed by atoms with Crippen molar-refractivity contribution < 1.29 is 14.5 Å². The lowest BCUT2D eigenvalue weighted by molar-refractivity contribution is -0.685. The van der Waals surface area contributed by atoms with Crippen LogP contribution in [0.2, 0.25) is 0 Å². The Morgan fingerprint density at radius 3 is 2.11 bits per heavy atom. The fraction of sp³-hybridized carbons (Fsp3) is 0.0667. The number of carboxylic acids is 1. The standard InChI is InChI=1S/C15H13NO2/c17-15(18)12-16-10-8-14(9-11-16)7-6-13-4-2-1-3-5-13/h1-11H,12H2/p+1/b7-6+. The number of nitrogens with zero attached hydrogens (tertiary/aromatic N) is 1. The monoisotopic (exact) mass is 240 g/mol. The molecule has 18 heavy (non-hydrogen) atoms. The molecule has 0 atom stereocenters. The van der Waals surface area contributed by atoms with Crippen LogP contribution in [0.4, 0.5) is 0 Å². The molecule has 0 amide bonds. The second-order valence-corrected chi connectivity index (χ2v) is 3.94. The summed E-state index contributed by atoms with van der Waals surface area (Å²) < 4.78 is 1.63. The van der Waals surface area contributed by atoms with E-state index in [1.807, 2.05) is 54.6 Å². The fourth-order valence-corrected chi connectivity index (χ4v) is 1.60. The molecule has 2 aromatic rings. The van der Waals surface area contributed by atoms with Gasteiger partial charge < -0.3 is 5.11 Å². The zero-order chi connectivity index (χ0) is 12.8. The number of carbonyl (C=O) groups is 1. The van der Waals surface area contributed by atoms with Crippen molar-refractivity contribution >= 4 is 18.1 Å². The van der Waals surface area contributed by atoms with Gasteiger partial charge in [0.25, 0.3) is 0 Å². The first-order valence-corrected chi connectivity index (χ1v) is 5.68. The van der Waals surface area contributed by atoms with Gasteiger partial charge in [0.15, 0.2) is 12.4 Å². The molecular formula is C15H14NO2+. The Morgan fingerprint density at radius 2 is 1.56 bits per heavy atom. The van der Waals surface area contributed by atoms with E-state index in [4.69, 9.17) is 5.11 Å². The first kappa shape index (κ1) is 12.0. The normalized spacial score (nSPS) is 10.7. The topological polar surface area (TPSA) is 41.2 Å². The van der Waals surface area contributed by atoms with E-state index >= 15 is 0 Å². The Balaban J connectivity index is 2.06. The van der Waals surface area contributed by atoms with Gasteiger partial charge in [-0.1, -0.05) is 42.5 Å². The molecular weight excluding hydrogens is 226 g/mol. The quantitative estimate of drug-likeness (QED) is 0.833. The minimum Gasteiger partial charge on any atom is -0.477 e. The summed E-state index contributed by atoms with van der Waals surface area (Å²) in [6, 6.07) is 13.8. The summed E-state index contributed by atoms with van der Waals surface area (Å²) in [4.78, 5) is 10.5. The van der Waals surface area contributed by atoms with Crippen LogP contribution < -0.4 is 4.57 Å². The molecule has 0 saturated carbocycles. The predicted molar refractivity (Wildman–Crippen MR) is 69.6 cm³/mol. The average Bonchev–Trinajstić information content (AvgIpc) is 2.38. The third kappa shape index (κ3) is 3.56. The van der Waals surface area contributed by atoms with Gasteiger partial charge in [-0.2, -0.15) is 4.57 Å². The second kappa shape index (κ2) is 5.77. The van der Waals surface area contributed by atoms with Crippen molar-refractivity contribution in [2.75, 3.05) is 0 Å². The van der Waals surface area contributed by atoms with E-state index in [1.54, 1.807) is 17.0 Å². The Morgan fingerprint density at radius 1 is 1.00 bits per heavy atom. The second-order valence-electron chi connectivity index (χ2n) is 3.94. The summed E-state index contributed by atoms with van der Waals surface area (Å²) in [6.45, 7) is -0.0112. The van der Waals surface area contributed by atoms with Crippen LogP contribution in [-0.2, 0) is 11.3 Å². The Bertz CT molecular complexity index is 544. The van der Waals surface area contributed by atoms with Crippen molar-refractivity contribution in [3.05, 3.63) is 66.0 Å². The van der Waals surface area contributed by atoms with Gasteiger partial charge in [-0.25, -0.2) is 4.79 Å². The summed E-state index contributed by atoms with van der Waals surface area (Å²) in [5, 5.41) is 8.65. The lowest BCUT2D eigenvalue weighted by Gasteiger charge is -1.94. The highest BCUT2D eigenvalue weighted by molar-refractivity contribution is 5.69. The molecule has 0 bridgehead atoms. The molecule has 1 N–H and O–H groups in total. The van der Waals surface area contributed by atoms with Crippen molar-refractivity contribution in [2.45, 2.75) is 6.54 Å². The van der Waals surface area contributed by atoms with Gasteiger partial charge in [-0.05, 0) is 11.1 Å². The fourth-order valence-electron chi connectivity index (χ4n) is 1.60. The lowest BCUT2D eigenvalue weighted by atomic mass is 10.1. The molecule has 0 radical (unpaired) electrons. The van der Waals surface area contributed by atoms with Gasteiger partial charge in [-0.15, -0.1) is 0 Å². The van der Waals surface area contributed by atoms with Gasteiger partial charge in [0.05, 0.1) is 0 Å². The Hall–Kier alpha value is -2.42. The minimum absolute atomic E-state index is 0.0112. The number of carboxylic acid groups (broad SMARTS) is 1.